The number of hydrogen-bond acceptors (Lipinski definition) is 8. The average Bonchev–Trinajstić information content (AvgIpc) is 3.12. The maximum atomic E-state index is 12.5. The highest BCUT2D eigenvalue weighted by Gasteiger charge is 2.23. The van der Waals surface area contributed by atoms with Gasteiger partial charge in [0.1, 0.15) is 11.4 Å². The lowest BCUT2D eigenvalue weighted by Crippen LogP contribution is -2.43. The number of ether oxygens (including phenoxy) is 1. The van der Waals surface area contributed by atoms with Crippen LogP contribution in [0.25, 0.3) is 0 Å². The SMILES string of the molecule is CC(C)Cn1c(N)c(C(=O)COC(=O)CCC(=O)c2ccc(Cl)s2)c(=O)n(C)c1=O. The lowest BCUT2D eigenvalue weighted by Gasteiger charge is -2.16. The molecule has 2 aromatic heterocycles. The van der Waals surface area contributed by atoms with E-state index in [0.717, 1.165) is 20.5 Å². The molecule has 11 heteroatoms. The fourth-order valence-electron chi connectivity index (χ4n) is 2.68. The fraction of sp³-hybridized carbons (Fsp3) is 0.421. The molecule has 2 N–H and O–H groups in total. The third kappa shape index (κ3) is 5.45. The number of nitrogen functional groups attached to an aromatic ring is 1. The van der Waals surface area contributed by atoms with Gasteiger partial charge in [-0.15, -0.1) is 11.3 Å². The molecule has 0 saturated carbocycles. The second-order valence-electron chi connectivity index (χ2n) is 7.02. The Balaban J connectivity index is 2.06. The largest absolute Gasteiger partial charge is 0.457 e. The molecule has 0 aliphatic heterocycles. The van der Waals surface area contributed by atoms with Crippen molar-refractivity contribution in [3.05, 3.63) is 47.7 Å². The van der Waals surface area contributed by atoms with Crippen LogP contribution in [0.2, 0.25) is 4.34 Å². The minimum atomic E-state index is -0.858. The highest BCUT2D eigenvalue weighted by atomic mass is 35.5. The summed E-state index contributed by atoms with van der Waals surface area (Å²) in [4.78, 5) is 61.4. The van der Waals surface area contributed by atoms with Crippen molar-refractivity contribution < 1.29 is 19.1 Å². The highest BCUT2D eigenvalue weighted by Crippen LogP contribution is 2.23. The van der Waals surface area contributed by atoms with Crippen molar-refractivity contribution >= 4 is 46.3 Å². The molecule has 2 rings (SSSR count). The van der Waals surface area contributed by atoms with Gasteiger partial charge in [0.15, 0.2) is 12.4 Å². The Morgan fingerprint density at radius 2 is 1.83 bits per heavy atom. The second-order valence-corrected chi connectivity index (χ2v) is 8.74. The molecule has 2 aromatic rings. The number of nitrogens with zero attached hydrogens (tertiary/aromatic N) is 2. The molecule has 0 aromatic carbocycles. The van der Waals surface area contributed by atoms with E-state index in [1.165, 1.54) is 7.05 Å². The van der Waals surface area contributed by atoms with E-state index in [4.69, 9.17) is 22.1 Å². The Labute approximate surface area is 181 Å². The Morgan fingerprint density at radius 1 is 1.17 bits per heavy atom. The number of nitrogens with two attached hydrogens (primary N) is 1. The van der Waals surface area contributed by atoms with E-state index in [1.54, 1.807) is 12.1 Å². The Kier molecular flexibility index (Phi) is 7.74. The summed E-state index contributed by atoms with van der Waals surface area (Å²) in [5, 5.41) is 0. The summed E-state index contributed by atoms with van der Waals surface area (Å²) >= 11 is 6.88. The van der Waals surface area contributed by atoms with Gasteiger partial charge in [-0.25, -0.2) is 4.79 Å². The molecule has 0 saturated heterocycles. The van der Waals surface area contributed by atoms with Gasteiger partial charge in [0.25, 0.3) is 5.56 Å². The molecule has 0 atom stereocenters. The first-order valence-electron chi connectivity index (χ1n) is 9.09. The number of carbonyl (C=O) groups is 3. The van der Waals surface area contributed by atoms with E-state index in [9.17, 15) is 24.0 Å². The zero-order valence-corrected chi connectivity index (χ0v) is 18.3. The van der Waals surface area contributed by atoms with Crippen molar-refractivity contribution in [1.82, 2.24) is 9.13 Å². The maximum Gasteiger partial charge on any atom is 0.332 e. The molecule has 0 aliphatic carbocycles. The molecule has 2 heterocycles. The van der Waals surface area contributed by atoms with Crippen molar-refractivity contribution in [3.63, 3.8) is 0 Å². The van der Waals surface area contributed by atoms with E-state index in [0.29, 0.717) is 9.21 Å². The normalized spacial score (nSPS) is 11.0. The number of aromatic nitrogens is 2. The average molecular weight is 456 g/mol. The molecule has 0 bridgehead atoms. The number of Topliss-reactive ketones (excluding diaryl/α,β-unsaturated/α-hetero) is 2. The highest BCUT2D eigenvalue weighted by molar-refractivity contribution is 7.18. The first-order chi connectivity index (χ1) is 14.0. The monoisotopic (exact) mass is 455 g/mol. The third-order valence-electron chi connectivity index (χ3n) is 4.18. The van der Waals surface area contributed by atoms with E-state index in [1.807, 2.05) is 13.8 Å². The number of halogens is 1. The van der Waals surface area contributed by atoms with Crippen molar-refractivity contribution in [2.24, 2.45) is 13.0 Å². The van der Waals surface area contributed by atoms with Gasteiger partial charge in [0, 0.05) is 20.0 Å². The fourth-order valence-corrected chi connectivity index (χ4v) is 3.69. The number of thiophene rings is 1. The quantitative estimate of drug-likeness (QED) is 0.451. The molecular weight excluding hydrogens is 434 g/mol. The van der Waals surface area contributed by atoms with Gasteiger partial charge < -0.3 is 10.5 Å². The van der Waals surface area contributed by atoms with Gasteiger partial charge in [-0.3, -0.25) is 28.3 Å². The van der Waals surface area contributed by atoms with Crippen molar-refractivity contribution in [2.45, 2.75) is 33.2 Å². The summed E-state index contributed by atoms with van der Waals surface area (Å²) in [6, 6.07) is 3.15. The Hall–Kier alpha value is -2.72. The van der Waals surface area contributed by atoms with E-state index < -0.39 is 35.2 Å². The number of esters is 1. The van der Waals surface area contributed by atoms with Crippen molar-refractivity contribution in [3.8, 4) is 0 Å². The molecule has 0 aliphatic rings. The van der Waals surface area contributed by atoms with Crippen LogP contribution in [0.15, 0.2) is 21.7 Å². The van der Waals surface area contributed by atoms with Crippen LogP contribution in [0.5, 0.6) is 0 Å². The number of rotatable bonds is 9. The van der Waals surface area contributed by atoms with Crippen LogP contribution in [0, 0.1) is 5.92 Å². The molecule has 0 unspecified atom stereocenters. The summed E-state index contributed by atoms with van der Waals surface area (Å²) in [5.41, 5.74) is 4.01. The van der Waals surface area contributed by atoms with Gasteiger partial charge in [-0.2, -0.15) is 0 Å². The Bertz CT molecular complexity index is 1100. The summed E-state index contributed by atoms with van der Waals surface area (Å²) in [7, 11) is 1.24. The number of anilines is 1. The molecule has 0 spiro atoms. The van der Waals surface area contributed by atoms with E-state index >= 15 is 0 Å². The minimum Gasteiger partial charge on any atom is -0.457 e. The molecule has 30 heavy (non-hydrogen) atoms. The van der Waals surface area contributed by atoms with Crippen LogP contribution in [0.3, 0.4) is 0 Å². The topological polar surface area (TPSA) is 130 Å². The molecule has 9 nitrogen and oxygen atoms in total. The first kappa shape index (κ1) is 23.6. The number of carbonyl (C=O) groups excluding carboxylic acids is 3. The smallest absolute Gasteiger partial charge is 0.332 e. The van der Waals surface area contributed by atoms with Crippen LogP contribution in [0.1, 0.15) is 46.7 Å². The summed E-state index contributed by atoms with van der Waals surface area (Å²) in [6.07, 6.45) is -0.338. The van der Waals surface area contributed by atoms with Gasteiger partial charge in [-0.05, 0) is 18.1 Å². The zero-order chi connectivity index (χ0) is 22.6. The second kappa shape index (κ2) is 9.86. The molecule has 0 fully saturated rings. The van der Waals surface area contributed by atoms with Crippen LogP contribution in [-0.2, 0) is 23.1 Å². The zero-order valence-electron chi connectivity index (χ0n) is 16.8. The van der Waals surface area contributed by atoms with Crippen LogP contribution in [0.4, 0.5) is 5.82 Å². The van der Waals surface area contributed by atoms with Crippen molar-refractivity contribution in [1.29, 1.82) is 0 Å². The minimum absolute atomic E-state index is 0.0408. The van der Waals surface area contributed by atoms with Gasteiger partial charge in [-0.1, -0.05) is 25.4 Å². The van der Waals surface area contributed by atoms with Gasteiger partial charge in [0.2, 0.25) is 5.78 Å². The number of hydrogen-bond donors (Lipinski definition) is 1. The lowest BCUT2D eigenvalue weighted by atomic mass is 10.1. The van der Waals surface area contributed by atoms with E-state index in [-0.39, 0.29) is 36.9 Å². The molecule has 0 amide bonds. The van der Waals surface area contributed by atoms with E-state index in [2.05, 4.69) is 0 Å². The molecular formula is C19H22ClN3O6S. The maximum absolute atomic E-state index is 12.5. The Morgan fingerprint density at radius 3 is 2.40 bits per heavy atom. The summed E-state index contributed by atoms with van der Waals surface area (Å²) in [6.45, 7) is 3.20. The summed E-state index contributed by atoms with van der Waals surface area (Å²) in [5.74, 6) is -2.09. The van der Waals surface area contributed by atoms with Crippen molar-refractivity contribution in [2.75, 3.05) is 12.3 Å². The summed E-state index contributed by atoms with van der Waals surface area (Å²) < 4.78 is 7.29. The third-order valence-corrected chi connectivity index (χ3v) is 5.45. The standard InChI is InChI=1S/C19H22ClN3O6S/c1-10(2)8-23-17(21)16(18(27)22(3)19(23)28)12(25)9-29-15(26)7-4-11(24)13-5-6-14(20)30-13/h5-6,10H,4,7-9,21H2,1-3H3. The van der Waals surface area contributed by atoms with Gasteiger partial charge in [0.05, 0.1) is 15.6 Å². The molecule has 162 valence electrons. The van der Waals surface area contributed by atoms with Gasteiger partial charge >= 0.3 is 11.7 Å². The number of ketones is 2. The van der Waals surface area contributed by atoms with Crippen LogP contribution < -0.4 is 17.0 Å². The van der Waals surface area contributed by atoms with Crippen LogP contribution >= 0.6 is 22.9 Å². The molecule has 0 radical (unpaired) electrons. The first-order valence-corrected chi connectivity index (χ1v) is 10.3. The van der Waals surface area contributed by atoms with Crippen LogP contribution in [-0.4, -0.2) is 33.3 Å². The predicted octanol–water partition coefficient (Wildman–Crippen LogP) is 1.89. The lowest BCUT2D eigenvalue weighted by molar-refractivity contribution is -0.142. The predicted molar refractivity (Wildman–Crippen MR) is 113 cm³/mol.